The highest BCUT2D eigenvalue weighted by Crippen LogP contribution is 2.31. The monoisotopic (exact) mass is 730 g/mol. The number of nitrogens with two attached hydrogens (primary N) is 1. The van der Waals surface area contributed by atoms with Gasteiger partial charge in [-0.1, -0.05) is 75.6 Å². The molecule has 1 heterocycles. The number of hydrogen-bond acceptors (Lipinski definition) is 7. The summed E-state index contributed by atoms with van der Waals surface area (Å²) in [5.74, 6) is -0.0681. The number of anilines is 2. The molecule has 268 valence electrons. The number of carbonyl (C=O) groups excluding carboxylic acids is 1. The van der Waals surface area contributed by atoms with E-state index in [0.29, 0.717) is 45.5 Å². The van der Waals surface area contributed by atoms with E-state index in [9.17, 15) is 23.1 Å². The van der Waals surface area contributed by atoms with Gasteiger partial charge in [0.25, 0.3) is 11.5 Å². The molecule has 10 nitrogen and oxygen atoms in total. The van der Waals surface area contributed by atoms with Crippen LogP contribution in [-0.2, 0) is 14.6 Å². The number of para-hydroxylation sites is 2. The summed E-state index contributed by atoms with van der Waals surface area (Å²) in [6, 6.07) is 24.6. The minimum atomic E-state index is -3.82. The number of nitrogens with one attached hydrogen (secondary N) is 2. The molecule has 12 heteroatoms. The van der Waals surface area contributed by atoms with E-state index in [-0.39, 0.29) is 27.0 Å². The summed E-state index contributed by atoms with van der Waals surface area (Å²) in [6.45, 7) is 2.19. The SMILES string of the molecule is CCCCCCCCCCC(Oc1ccc(S(=O)(=O)c2ccc(O)cc2)cc1)C(=O)Nc1ccc(Cl)c(-c2cc(=O)n(-c3ccccc3N)[nH]2)c1. The molecule has 0 fully saturated rings. The van der Waals surface area contributed by atoms with E-state index in [1.807, 2.05) is 0 Å². The van der Waals surface area contributed by atoms with Gasteiger partial charge in [0, 0.05) is 17.3 Å². The summed E-state index contributed by atoms with van der Waals surface area (Å²) in [7, 11) is -3.82. The Balaban J connectivity index is 1.32. The van der Waals surface area contributed by atoms with Gasteiger partial charge in [-0.15, -0.1) is 0 Å². The first-order chi connectivity index (χ1) is 24.6. The van der Waals surface area contributed by atoms with E-state index < -0.39 is 15.9 Å². The van der Waals surface area contributed by atoms with Crippen molar-refractivity contribution in [1.82, 2.24) is 9.78 Å². The Labute approximate surface area is 303 Å². The van der Waals surface area contributed by atoms with E-state index in [1.54, 1.807) is 42.5 Å². The van der Waals surface area contributed by atoms with E-state index in [0.717, 1.165) is 25.7 Å². The molecule has 0 radical (unpaired) electrons. The molecular weight excluding hydrogens is 688 g/mol. The summed E-state index contributed by atoms with van der Waals surface area (Å²) in [5.41, 5.74) is 8.10. The summed E-state index contributed by atoms with van der Waals surface area (Å²) in [6.07, 6.45) is 8.35. The topological polar surface area (TPSA) is 157 Å². The molecule has 5 aromatic rings. The number of carbonyl (C=O) groups is 1. The van der Waals surface area contributed by atoms with Crippen LogP contribution in [0.3, 0.4) is 0 Å². The normalized spacial score (nSPS) is 12.0. The third-order valence-electron chi connectivity index (χ3n) is 8.59. The second-order valence-electron chi connectivity index (χ2n) is 12.4. The number of hydrogen-bond donors (Lipinski definition) is 4. The van der Waals surface area contributed by atoms with Crippen LogP contribution in [0.1, 0.15) is 64.7 Å². The van der Waals surface area contributed by atoms with Crippen molar-refractivity contribution in [3.8, 4) is 28.4 Å². The number of aromatic hydroxyl groups is 1. The number of H-pyrrole nitrogens is 1. The molecule has 0 bridgehead atoms. The van der Waals surface area contributed by atoms with E-state index in [1.165, 1.54) is 85.0 Å². The van der Waals surface area contributed by atoms with Crippen molar-refractivity contribution in [2.45, 2.75) is 80.6 Å². The van der Waals surface area contributed by atoms with Crippen LogP contribution in [-0.4, -0.2) is 35.3 Å². The molecule has 5 rings (SSSR count). The van der Waals surface area contributed by atoms with E-state index in [4.69, 9.17) is 22.1 Å². The lowest BCUT2D eigenvalue weighted by atomic mass is 10.0. The summed E-state index contributed by atoms with van der Waals surface area (Å²) in [4.78, 5) is 26.7. The molecule has 0 saturated carbocycles. The van der Waals surface area contributed by atoms with Crippen molar-refractivity contribution < 1.29 is 23.1 Å². The van der Waals surface area contributed by atoms with Crippen LogP contribution < -0.4 is 21.3 Å². The molecule has 1 amide bonds. The second kappa shape index (κ2) is 17.3. The zero-order chi connectivity index (χ0) is 36.4. The summed E-state index contributed by atoms with van der Waals surface area (Å²) >= 11 is 6.56. The number of phenolic OH excluding ortho intramolecular Hbond substituents is 1. The van der Waals surface area contributed by atoms with Crippen LogP contribution in [0.15, 0.2) is 112 Å². The number of halogens is 1. The van der Waals surface area contributed by atoms with Crippen LogP contribution >= 0.6 is 11.6 Å². The number of nitrogen functional groups attached to an aromatic ring is 1. The molecule has 1 unspecified atom stereocenters. The van der Waals surface area contributed by atoms with Gasteiger partial charge in [-0.25, -0.2) is 13.1 Å². The fourth-order valence-corrected chi connectivity index (χ4v) is 7.25. The number of ether oxygens (including phenoxy) is 1. The lowest BCUT2D eigenvalue weighted by molar-refractivity contribution is -0.123. The molecule has 0 aliphatic rings. The van der Waals surface area contributed by atoms with Gasteiger partial charge in [0.2, 0.25) is 9.84 Å². The Bertz CT molecular complexity index is 2090. The molecule has 51 heavy (non-hydrogen) atoms. The fraction of sp³-hybridized carbons (Fsp3) is 0.282. The number of unbranched alkanes of at least 4 members (excludes halogenated alkanes) is 7. The average molecular weight is 731 g/mol. The van der Waals surface area contributed by atoms with Crippen molar-refractivity contribution in [2.75, 3.05) is 11.1 Å². The van der Waals surface area contributed by atoms with Crippen LogP contribution in [0.4, 0.5) is 11.4 Å². The van der Waals surface area contributed by atoms with Gasteiger partial charge in [0.05, 0.1) is 31.9 Å². The van der Waals surface area contributed by atoms with Gasteiger partial charge < -0.3 is 20.9 Å². The van der Waals surface area contributed by atoms with Gasteiger partial charge in [0.1, 0.15) is 11.5 Å². The van der Waals surface area contributed by atoms with Crippen molar-refractivity contribution in [3.05, 3.63) is 112 Å². The molecule has 1 aromatic heterocycles. The lowest BCUT2D eigenvalue weighted by Crippen LogP contribution is -2.33. The van der Waals surface area contributed by atoms with Crippen LogP contribution in [0, 0.1) is 0 Å². The minimum Gasteiger partial charge on any atom is -0.508 e. The standard InChI is InChI=1S/C39H43ClN4O6S/c1-2-3-4-5-6-7-8-9-14-37(50-29-18-22-31(23-19-29)51(48,49)30-20-16-28(45)17-21-30)39(47)42-27-15-24-33(40)32(25-27)35-26-38(46)44(43-35)36-13-11-10-12-34(36)41/h10-13,15-26,37,43,45H,2-9,14,41H2,1H3,(H,42,47). The minimum absolute atomic E-state index is 0.0314. The third kappa shape index (κ3) is 9.62. The highest BCUT2D eigenvalue weighted by molar-refractivity contribution is 7.91. The smallest absolute Gasteiger partial charge is 0.271 e. The van der Waals surface area contributed by atoms with Gasteiger partial charge in [-0.2, -0.15) is 0 Å². The number of sulfone groups is 1. The number of aromatic amines is 1. The van der Waals surface area contributed by atoms with Crippen molar-refractivity contribution in [3.63, 3.8) is 0 Å². The number of nitrogens with zero attached hydrogens (tertiary/aromatic N) is 1. The average Bonchev–Trinajstić information content (AvgIpc) is 3.51. The van der Waals surface area contributed by atoms with Crippen molar-refractivity contribution in [1.29, 1.82) is 0 Å². The summed E-state index contributed by atoms with van der Waals surface area (Å²) < 4.78 is 33.7. The lowest BCUT2D eigenvalue weighted by Gasteiger charge is -2.19. The predicted octanol–water partition coefficient (Wildman–Crippen LogP) is 8.52. The molecule has 0 saturated heterocycles. The van der Waals surface area contributed by atoms with Gasteiger partial charge in [-0.3, -0.25) is 14.7 Å². The Morgan fingerprint density at radius 3 is 2.18 bits per heavy atom. The molecule has 4 aromatic carbocycles. The number of benzene rings is 4. The Morgan fingerprint density at radius 2 is 1.51 bits per heavy atom. The maximum Gasteiger partial charge on any atom is 0.271 e. The summed E-state index contributed by atoms with van der Waals surface area (Å²) in [5, 5.41) is 15.9. The van der Waals surface area contributed by atoms with E-state index >= 15 is 0 Å². The molecule has 0 aliphatic heterocycles. The number of rotatable bonds is 17. The Kier molecular flexibility index (Phi) is 12.6. The predicted molar refractivity (Wildman–Crippen MR) is 202 cm³/mol. The maximum atomic E-state index is 13.7. The first-order valence-electron chi connectivity index (χ1n) is 17.2. The van der Waals surface area contributed by atoms with E-state index in [2.05, 4.69) is 17.3 Å². The fourth-order valence-electron chi connectivity index (χ4n) is 5.77. The highest BCUT2D eigenvalue weighted by Gasteiger charge is 2.23. The highest BCUT2D eigenvalue weighted by atomic mass is 35.5. The maximum absolute atomic E-state index is 13.7. The van der Waals surface area contributed by atoms with Crippen LogP contribution in [0.25, 0.3) is 16.9 Å². The van der Waals surface area contributed by atoms with Crippen LogP contribution in [0.5, 0.6) is 11.5 Å². The Morgan fingerprint density at radius 1 is 0.882 bits per heavy atom. The van der Waals surface area contributed by atoms with Gasteiger partial charge in [0.15, 0.2) is 6.10 Å². The molecule has 0 aliphatic carbocycles. The third-order valence-corrected chi connectivity index (χ3v) is 10.7. The van der Waals surface area contributed by atoms with Crippen LogP contribution in [0.2, 0.25) is 5.02 Å². The number of phenols is 1. The zero-order valence-corrected chi connectivity index (χ0v) is 30.1. The molecule has 0 spiro atoms. The van der Waals surface area contributed by atoms with Crippen molar-refractivity contribution in [2.24, 2.45) is 0 Å². The number of amides is 1. The molecular formula is C39H43ClN4O6S. The van der Waals surface area contributed by atoms with Gasteiger partial charge >= 0.3 is 0 Å². The molecule has 1 atom stereocenters. The van der Waals surface area contributed by atoms with Gasteiger partial charge in [-0.05, 0) is 91.7 Å². The largest absolute Gasteiger partial charge is 0.508 e. The second-order valence-corrected chi connectivity index (χ2v) is 14.8. The van der Waals surface area contributed by atoms with Crippen molar-refractivity contribution >= 4 is 38.7 Å². The Hall–Kier alpha value is -5.00. The first-order valence-corrected chi connectivity index (χ1v) is 19.0. The molecule has 5 N–H and O–H groups in total. The number of aromatic nitrogens is 2. The zero-order valence-electron chi connectivity index (χ0n) is 28.5. The first kappa shape index (κ1) is 37.3. The quantitative estimate of drug-likeness (QED) is 0.0552.